The molecule has 0 aromatic heterocycles. The van der Waals surface area contributed by atoms with Gasteiger partial charge in [0.05, 0.1) is 13.1 Å². The summed E-state index contributed by atoms with van der Waals surface area (Å²) >= 11 is 6.11. The third-order valence-corrected chi connectivity index (χ3v) is 8.92. The average Bonchev–Trinajstić information content (AvgIpc) is 3.08. The minimum absolute atomic E-state index is 0.00988. The number of carbonyl (C=O) groups excluding carboxylic acids is 3. The van der Waals surface area contributed by atoms with Crippen LogP contribution in [0.25, 0.3) is 0 Å². The number of hydrazine groups is 1. The van der Waals surface area contributed by atoms with Gasteiger partial charge in [-0.2, -0.15) is 0 Å². The highest BCUT2D eigenvalue weighted by Gasteiger charge is 2.51. The normalized spacial score (nSPS) is 18.4. The van der Waals surface area contributed by atoms with E-state index in [-0.39, 0.29) is 30.9 Å². The van der Waals surface area contributed by atoms with E-state index in [4.69, 9.17) is 11.6 Å². The summed E-state index contributed by atoms with van der Waals surface area (Å²) < 4.78 is 0. The van der Waals surface area contributed by atoms with E-state index in [2.05, 4.69) is 5.32 Å². The van der Waals surface area contributed by atoms with Gasteiger partial charge in [0.2, 0.25) is 11.8 Å². The van der Waals surface area contributed by atoms with Crippen molar-refractivity contribution in [2.75, 3.05) is 19.6 Å². The smallest absolute Gasteiger partial charge is 0.334 e. The van der Waals surface area contributed by atoms with Crippen LogP contribution in [-0.4, -0.2) is 69.5 Å². The minimum atomic E-state index is -0.694. The van der Waals surface area contributed by atoms with E-state index in [1.165, 1.54) is 0 Å². The molecule has 0 radical (unpaired) electrons. The van der Waals surface area contributed by atoms with Crippen LogP contribution in [0.1, 0.15) is 28.7 Å². The van der Waals surface area contributed by atoms with Crippen molar-refractivity contribution in [3.63, 3.8) is 0 Å². The predicted octanol–water partition coefficient (Wildman–Crippen LogP) is 5.52. The maximum Gasteiger partial charge on any atom is 0.334 e. The Hall–Kier alpha value is -4.66. The second-order valence-electron chi connectivity index (χ2n) is 11.8. The summed E-state index contributed by atoms with van der Waals surface area (Å²) in [6.45, 7) is 1.38. The lowest BCUT2D eigenvalue weighted by Gasteiger charge is -2.55. The monoisotopic (exact) mass is 635 g/mol. The van der Waals surface area contributed by atoms with Crippen LogP contribution in [0.4, 0.5) is 4.79 Å². The zero-order chi connectivity index (χ0) is 31.9. The first kappa shape index (κ1) is 31.3. The quantitative estimate of drug-likeness (QED) is 0.249. The number of carbonyl (C=O) groups is 3. The summed E-state index contributed by atoms with van der Waals surface area (Å²) in [4.78, 5) is 45.8. The van der Waals surface area contributed by atoms with Gasteiger partial charge in [-0.1, -0.05) is 115 Å². The van der Waals surface area contributed by atoms with Crippen molar-refractivity contribution in [1.82, 2.24) is 25.1 Å². The standard InChI is InChI=1S/C37H38ClN5O3/c38-32-19-16-29(17-20-32)22-23-40-26-34-42(33(36(40)45)21-18-28-10-4-1-5-11-28)35(44)27-41(25-31-14-8-3-9-15-31)43(34)37(46)39-24-30-12-6-2-7-13-30/h1-17,19-20,33-34H,18,21-27H2,(H,39,46)/t33-,34-/m0/s1. The number of rotatable bonds is 10. The van der Waals surface area contributed by atoms with Crippen molar-refractivity contribution >= 4 is 29.4 Å². The van der Waals surface area contributed by atoms with E-state index in [1.54, 1.807) is 9.91 Å². The van der Waals surface area contributed by atoms with E-state index in [0.29, 0.717) is 43.9 Å². The van der Waals surface area contributed by atoms with Crippen molar-refractivity contribution in [2.45, 2.75) is 44.6 Å². The van der Waals surface area contributed by atoms with Gasteiger partial charge in [-0.05, 0) is 53.6 Å². The molecule has 236 valence electrons. The fourth-order valence-corrected chi connectivity index (χ4v) is 6.45. The number of hydrogen-bond donors (Lipinski definition) is 1. The number of fused-ring (bicyclic) bond motifs is 1. The highest BCUT2D eigenvalue weighted by molar-refractivity contribution is 6.30. The number of nitrogens with one attached hydrogen (secondary N) is 1. The van der Waals surface area contributed by atoms with Gasteiger partial charge >= 0.3 is 6.03 Å². The molecule has 0 saturated carbocycles. The zero-order valence-electron chi connectivity index (χ0n) is 25.7. The fraction of sp³-hybridized carbons (Fsp3) is 0.270. The number of amides is 4. The highest BCUT2D eigenvalue weighted by Crippen LogP contribution is 2.30. The van der Waals surface area contributed by atoms with Gasteiger partial charge in [0.15, 0.2) is 0 Å². The molecule has 4 aromatic rings. The summed E-state index contributed by atoms with van der Waals surface area (Å²) in [5, 5.41) is 7.24. The molecule has 0 aliphatic carbocycles. The Morgan fingerprint density at radius 3 is 1.98 bits per heavy atom. The lowest BCUT2D eigenvalue weighted by molar-refractivity contribution is -0.192. The first-order valence-electron chi connectivity index (χ1n) is 15.7. The molecule has 2 saturated heterocycles. The van der Waals surface area contributed by atoms with E-state index >= 15 is 0 Å². The van der Waals surface area contributed by atoms with E-state index < -0.39 is 12.2 Å². The van der Waals surface area contributed by atoms with Crippen molar-refractivity contribution in [2.24, 2.45) is 0 Å². The Kier molecular flexibility index (Phi) is 9.96. The molecule has 1 N–H and O–H groups in total. The number of hydrogen-bond acceptors (Lipinski definition) is 4. The summed E-state index contributed by atoms with van der Waals surface area (Å²) in [6.07, 6.45) is 1.06. The topological polar surface area (TPSA) is 76.2 Å². The molecule has 2 fully saturated rings. The van der Waals surface area contributed by atoms with Crippen molar-refractivity contribution in [1.29, 1.82) is 0 Å². The van der Waals surface area contributed by atoms with Crippen LogP contribution in [-0.2, 0) is 35.5 Å². The average molecular weight is 636 g/mol. The Morgan fingerprint density at radius 2 is 1.33 bits per heavy atom. The van der Waals surface area contributed by atoms with Crippen LogP contribution in [0, 0.1) is 0 Å². The van der Waals surface area contributed by atoms with Crippen LogP contribution >= 0.6 is 11.6 Å². The van der Waals surface area contributed by atoms with Crippen LogP contribution in [0.3, 0.4) is 0 Å². The first-order chi connectivity index (χ1) is 22.5. The number of piperazine rings is 1. The third-order valence-electron chi connectivity index (χ3n) is 8.67. The van der Waals surface area contributed by atoms with Crippen molar-refractivity contribution < 1.29 is 14.4 Å². The molecule has 0 spiro atoms. The highest BCUT2D eigenvalue weighted by atomic mass is 35.5. The van der Waals surface area contributed by atoms with Gasteiger partial charge in [0, 0.05) is 24.7 Å². The lowest BCUT2D eigenvalue weighted by Crippen LogP contribution is -2.76. The van der Waals surface area contributed by atoms with Crippen molar-refractivity contribution in [3.05, 3.63) is 143 Å². The second kappa shape index (κ2) is 14.6. The van der Waals surface area contributed by atoms with Gasteiger partial charge in [-0.25, -0.2) is 14.8 Å². The Bertz CT molecular complexity index is 1620. The number of halogens is 1. The molecule has 4 amide bonds. The van der Waals surface area contributed by atoms with E-state index in [0.717, 1.165) is 22.3 Å². The largest absolute Gasteiger partial charge is 0.337 e. The summed E-state index contributed by atoms with van der Waals surface area (Å²) in [7, 11) is 0. The molecule has 8 nitrogen and oxygen atoms in total. The second-order valence-corrected chi connectivity index (χ2v) is 12.2. The molecule has 2 aliphatic heterocycles. The summed E-state index contributed by atoms with van der Waals surface area (Å²) in [5.74, 6) is -0.243. The molecule has 4 aromatic carbocycles. The zero-order valence-corrected chi connectivity index (χ0v) is 26.4. The Morgan fingerprint density at radius 1 is 0.739 bits per heavy atom. The van der Waals surface area contributed by atoms with Gasteiger partial charge < -0.3 is 15.1 Å². The minimum Gasteiger partial charge on any atom is -0.337 e. The molecule has 2 atom stereocenters. The van der Waals surface area contributed by atoms with E-state index in [9.17, 15) is 14.4 Å². The van der Waals surface area contributed by atoms with E-state index in [1.807, 2.05) is 125 Å². The SMILES string of the molecule is O=C1[C@H](CCc2ccccc2)N2C(=O)CN(Cc3ccccc3)N(C(=O)NCc3ccccc3)[C@H]2CN1CCc1ccc(Cl)cc1. The van der Waals surface area contributed by atoms with Crippen LogP contribution in [0.5, 0.6) is 0 Å². The fourth-order valence-electron chi connectivity index (χ4n) is 6.32. The van der Waals surface area contributed by atoms with Gasteiger partial charge in [-0.3, -0.25) is 9.59 Å². The number of nitrogens with zero attached hydrogens (tertiary/aromatic N) is 4. The Balaban J connectivity index is 1.31. The number of benzene rings is 4. The lowest BCUT2D eigenvalue weighted by atomic mass is 9.98. The summed E-state index contributed by atoms with van der Waals surface area (Å²) in [6, 6.07) is 36.2. The van der Waals surface area contributed by atoms with Gasteiger partial charge in [0.1, 0.15) is 12.2 Å². The maximum atomic E-state index is 14.2. The predicted molar refractivity (Wildman–Crippen MR) is 178 cm³/mol. The molecule has 0 bridgehead atoms. The van der Waals surface area contributed by atoms with Gasteiger partial charge in [0.25, 0.3) is 0 Å². The third kappa shape index (κ3) is 7.41. The summed E-state index contributed by atoms with van der Waals surface area (Å²) in [5.41, 5.74) is 4.11. The molecule has 46 heavy (non-hydrogen) atoms. The molecule has 9 heteroatoms. The molecule has 0 unspecified atom stereocenters. The molecular weight excluding hydrogens is 598 g/mol. The molecule has 6 rings (SSSR count). The first-order valence-corrected chi connectivity index (χ1v) is 16.1. The Labute approximate surface area is 275 Å². The van der Waals surface area contributed by atoms with Crippen molar-refractivity contribution in [3.8, 4) is 0 Å². The van der Waals surface area contributed by atoms with Crippen LogP contribution in [0.2, 0.25) is 5.02 Å². The van der Waals surface area contributed by atoms with Crippen LogP contribution < -0.4 is 5.32 Å². The molecular formula is C37H38ClN5O3. The number of aryl methyl sites for hydroxylation is 1. The molecule has 2 heterocycles. The maximum absolute atomic E-state index is 14.2. The van der Waals surface area contributed by atoms with Crippen LogP contribution in [0.15, 0.2) is 115 Å². The number of urea groups is 1. The van der Waals surface area contributed by atoms with Gasteiger partial charge in [-0.15, -0.1) is 0 Å². The molecule has 2 aliphatic rings.